The lowest BCUT2D eigenvalue weighted by atomic mass is 10.0. The zero-order valence-corrected chi connectivity index (χ0v) is 22.3. The van der Waals surface area contributed by atoms with Gasteiger partial charge in [0.05, 0.1) is 30.8 Å². The normalized spacial score (nSPS) is 17.5. The summed E-state index contributed by atoms with van der Waals surface area (Å²) in [6.45, 7) is 2.08. The van der Waals surface area contributed by atoms with Crippen LogP contribution in [0.3, 0.4) is 0 Å². The van der Waals surface area contributed by atoms with Gasteiger partial charge in [-0.05, 0) is 73.2 Å². The second-order valence-corrected chi connectivity index (χ2v) is 11.0. The zero-order chi connectivity index (χ0) is 26.2. The smallest absolute Gasteiger partial charge is 0.229 e. The van der Waals surface area contributed by atoms with Gasteiger partial charge in [-0.2, -0.15) is 0 Å². The Bertz CT molecular complexity index is 1550. The molecule has 1 saturated heterocycles. The van der Waals surface area contributed by atoms with Crippen LogP contribution in [0.1, 0.15) is 29.0 Å². The van der Waals surface area contributed by atoms with Gasteiger partial charge >= 0.3 is 0 Å². The Kier molecular flexibility index (Phi) is 6.61. The molecule has 10 heteroatoms. The molecule has 5 rings (SSSR count). The molecule has 0 spiro atoms. The SMILES string of the molecule is COc1ccc(N2C(=S)N[C@H](c3ccccn3)[C@H]2c2cccn2-c2ccccc2C)cc1NS(C)(=O)=O. The molecule has 190 valence electrons. The molecule has 2 N–H and O–H groups in total. The Balaban J connectivity index is 1.68. The molecule has 0 aliphatic carbocycles. The van der Waals surface area contributed by atoms with E-state index in [-0.39, 0.29) is 12.1 Å². The molecule has 0 unspecified atom stereocenters. The molecule has 37 heavy (non-hydrogen) atoms. The number of aromatic nitrogens is 2. The van der Waals surface area contributed by atoms with Crippen LogP contribution in [0.25, 0.3) is 5.69 Å². The Morgan fingerprint density at radius 3 is 2.54 bits per heavy atom. The van der Waals surface area contributed by atoms with Gasteiger partial charge in [0, 0.05) is 29.5 Å². The summed E-state index contributed by atoms with van der Waals surface area (Å²) in [4.78, 5) is 6.63. The van der Waals surface area contributed by atoms with Crippen LogP contribution in [-0.4, -0.2) is 36.4 Å². The predicted octanol–water partition coefficient (Wildman–Crippen LogP) is 4.74. The number of nitrogens with one attached hydrogen (secondary N) is 2. The average Bonchev–Trinajstić information content (AvgIpc) is 3.48. The van der Waals surface area contributed by atoms with Crippen molar-refractivity contribution in [1.82, 2.24) is 14.9 Å². The second kappa shape index (κ2) is 9.87. The molecular formula is C27H27N5O3S2. The number of aryl methyl sites for hydroxylation is 1. The summed E-state index contributed by atoms with van der Waals surface area (Å²) in [6, 6.07) is 22.9. The van der Waals surface area contributed by atoms with Crippen LogP contribution in [0.15, 0.2) is 85.2 Å². The number of methoxy groups -OCH3 is 1. The molecule has 0 amide bonds. The molecule has 4 aromatic rings. The van der Waals surface area contributed by atoms with Crippen molar-refractivity contribution in [3.63, 3.8) is 0 Å². The lowest BCUT2D eigenvalue weighted by molar-refractivity contribution is 0.417. The van der Waals surface area contributed by atoms with Crippen molar-refractivity contribution in [3.8, 4) is 11.4 Å². The lowest BCUT2D eigenvalue weighted by Crippen LogP contribution is -2.30. The van der Waals surface area contributed by atoms with Gasteiger partial charge in [0.25, 0.3) is 0 Å². The summed E-state index contributed by atoms with van der Waals surface area (Å²) in [7, 11) is -2.03. The van der Waals surface area contributed by atoms with Crippen LogP contribution >= 0.6 is 12.2 Å². The van der Waals surface area contributed by atoms with E-state index in [4.69, 9.17) is 17.0 Å². The van der Waals surface area contributed by atoms with Gasteiger partial charge in [0.15, 0.2) is 5.11 Å². The fraction of sp³-hybridized carbons (Fsp3) is 0.185. The van der Waals surface area contributed by atoms with E-state index in [0.717, 1.165) is 28.9 Å². The number of hydrogen-bond acceptors (Lipinski definition) is 5. The Labute approximate surface area is 222 Å². The van der Waals surface area contributed by atoms with E-state index < -0.39 is 10.0 Å². The zero-order valence-electron chi connectivity index (χ0n) is 20.6. The largest absolute Gasteiger partial charge is 0.495 e. The van der Waals surface area contributed by atoms with Crippen molar-refractivity contribution in [1.29, 1.82) is 0 Å². The van der Waals surface area contributed by atoms with Crippen molar-refractivity contribution in [3.05, 3.63) is 102 Å². The minimum atomic E-state index is -3.53. The van der Waals surface area contributed by atoms with Crippen LogP contribution in [0, 0.1) is 6.92 Å². The topological polar surface area (TPSA) is 88.5 Å². The van der Waals surface area contributed by atoms with E-state index in [2.05, 4.69) is 44.7 Å². The van der Waals surface area contributed by atoms with Crippen LogP contribution in [0.4, 0.5) is 11.4 Å². The van der Waals surface area contributed by atoms with Crippen molar-refractivity contribution < 1.29 is 13.2 Å². The summed E-state index contributed by atoms with van der Waals surface area (Å²) in [5, 5.41) is 3.97. The second-order valence-electron chi connectivity index (χ2n) is 8.84. The van der Waals surface area contributed by atoms with E-state index in [9.17, 15) is 8.42 Å². The molecule has 2 aromatic heterocycles. The average molecular weight is 534 g/mol. The molecule has 0 bridgehead atoms. The third-order valence-electron chi connectivity index (χ3n) is 6.31. The number of hydrogen-bond donors (Lipinski definition) is 2. The molecular weight excluding hydrogens is 506 g/mol. The van der Waals surface area contributed by atoms with Crippen molar-refractivity contribution in [2.45, 2.75) is 19.0 Å². The summed E-state index contributed by atoms with van der Waals surface area (Å²) in [6.07, 6.45) is 4.91. The maximum absolute atomic E-state index is 12.1. The van der Waals surface area contributed by atoms with Gasteiger partial charge in [0.2, 0.25) is 10.0 Å². The molecule has 2 aromatic carbocycles. The number of anilines is 2. The third kappa shape index (κ3) is 4.90. The summed E-state index contributed by atoms with van der Waals surface area (Å²) in [5.74, 6) is 0.411. The molecule has 0 radical (unpaired) electrons. The van der Waals surface area contributed by atoms with Crippen LogP contribution < -0.4 is 19.7 Å². The standard InChI is InChI=1S/C27H27N5O3S2/c1-18-9-4-5-11-22(18)31-16-8-12-23(31)26-25(20-10-6-7-15-28-20)29-27(36)32(26)19-13-14-24(35-2)21(17-19)30-37(3,33)34/h4-17,25-26,30H,1-3H3,(H,29,36)/t25-,26-/m1/s1. The van der Waals surface area contributed by atoms with Crippen molar-refractivity contribution >= 4 is 38.7 Å². The first-order valence-electron chi connectivity index (χ1n) is 11.7. The van der Waals surface area contributed by atoms with Gasteiger partial charge < -0.3 is 19.5 Å². The minimum Gasteiger partial charge on any atom is -0.495 e. The van der Waals surface area contributed by atoms with Gasteiger partial charge in [-0.1, -0.05) is 24.3 Å². The molecule has 1 aliphatic rings. The maximum Gasteiger partial charge on any atom is 0.229 e. The quantitative estimate of drug-likeness (QED) is 0.332. The van der Waals surface area contributed by atoms with Crippen LogP contribution in [0.2, 0.25) is 0 Å². The van der Waals surface area contributed by atoms with Crippen molar-refractivity contribution in [2.24, 2.45) is 0 Å². The molecule has 3 heterocycles. The highest BCUT2D eigenvalue weighted by Crippen LogP contribution is 2.44. The molecule has 1 fully saturated rings. The van der Waals surface area contributed by atoms with E-state index in [1.54, 1.807) is 18.3 Å². The van der Waals surface area contributed by atoms with Crippen LogP contribution in [-0.2, 0) is 10.0 Å². The first kappa shape index (κ1) is 24.8. The molecule has 1 aliphatic heterocycles. The Morgan fingerprint density at radius 1 is 1.05 bits per heavy atom. The van der Waals surface area contributed by atoms with Gasteiger partial charge in [-0.25, -0.2) is 8.42 Å². The van der Waals surface area contributed by atoms with E-state index >= 15 is 0 Å². The number of sulfonamides is 1. The number of nitrogens with zero attached hydrogens (tertiary/aromatic N) is 3. The van der Waals surface area contributed by atoms with E-state index in [1.165, 1.54) is 7.11 Å². The minimum absolute atomic E-state index is 0.250. The third-order valence-corrected chi connectivity index (χ3v) is 7.22. The number of ether oxygens (including phenoxy) is 1. The van der Waals surface area contributed by atoms with Gasteiger partial charge in [-0.3, -0.25) is 9.71 Å². The maximum atomic E-state index is 12.1. The Morgan fingerprint density at radius 2 is 1.84 bits per heavy atom. The summed E-state index contributed by atoms with van der Waals surface area (Å²) >= 11 is 5.86. The summed E-state index contributed by atoms with van der Waals surface area (Å²) in [5.41, 5.74) is 5.10. The van der Waals surface area contributed by atoms with Crippen molar-refractivity contribution in [2.75, 3.05) is 23.0 Å². The first-order chi connectivity index (χ1) is 17.8. The summed E-state index contributed by atoms with van der Waals surface area (Å²) < 4.78 is 34.2. The van der Waals surface area contributed by atoms with E-state index in [1.807, 2.05) is 53.6 Å². The molecule has 8 nitrogen and oxygen atoms in total. The number of para-hydroxylation sites is 1. The first-order valence-corrected chi connectivity index (χ1v) is 14.0. The van der Waals surface area contributed by atoms with Gasteiger partial charge in [-0.15, -0.1) is 0 Å². The highest BCUT2D eigenvalue weighted by Gasteiger charge is 2.42. The number of benzene rings is 2. The monoisotopic (exact) mass is 533 g/mol. The molecule has 0 saturated carbocycles. The Hall–Kier alpha value is -3.89. The molecule has 2 atom stereocenters. The van der Waals surface area contributed by atoms with E-state index in [0.29, 0.717) is 22.2 Å². The van der Waals surface area contributed by atoms with Gasteiger partial charge in [0.1, 0.15) is 11.8 Å². The fourth-order valence-electron chi connectivity index (χ4n) is 4.75. The predicted molar refractivity (Wildman–Crippen MR) is 150 cm³/mol. The highest BCUT2D eigenvalue weighted by molar-refractivity contribution is 7.92. The van der Waals surface area contributed by atoms with Crippen LogP contribution in [0.5, 0.6) is 5.75 Å². The number of rotatable bonds is 7. The fourth-order valence-corrected chi connectivity index (χ4v) is 5.65. The number of thiocarbonyl (C=S) groups is 1. The highest BCUT2D eigenvalue weighted by atomic mass is 32.2. The number of pyridine rings is 1. The lowest BCUT2D eigenvalue weighted by Gasteiger charge is -2.29.